The number of carbonyl (C=O) groups excluding carboxylic acids is 1. The molecule has 0 aromatic heterocycles. The van der Waals surface area contributed by atoms with Gasteiger partial charge in [-0.1, -0.05) is 6.92 Å². The first kappa shape index (κ1) is 15.7. The van der Waals surface area contributed by atoms with Gasteiger partial charge in [-0.15, -0.1) is 0 Å². The molecule has 1 N–H and O–H groups in total. The highest BCUT2D eigenvalue weighted by atomic mass is 16.2. The van der Waals surface area contributed by atoms with Crippen LogP contribution in [0.2, 0.25) is 0 Å². The number of piperidine rings is 1. The molecule has 21 heavy (non-hydrogen) atoms. The van der Waals surface area contributed by atoms with E-state index in [0.29, 0.717) is 13.0 Å². The normalized spacial score (nSPS) is 15.9. The molecule has 1 fully saturated rings. The van der Waals surface area contributed by atoms with Gasteiger partial charge >= 0.3 is 0 Å². The van der Waals surface area contributed by atoms with E-state index in [1.165, 1.54) is 5.69 Å². The van der Waals surface area contributed by atoms with E-state index in [1.54, 1.807) is 0 Å². The van der Waals surface area contributed by atoms with E-state index in [4.69, 9.17) is 0 Å². The molecule has 0 unspecified atom stereocenters. The molecule has 1 amide bonds. The minimum absolute atomic E-state index is 0.277. The van der Waals surface area contributed by atoms with Gasteiger partial charge in [0.05, 0.1) is 0 Å². The average molecular weight is 289 g/mol. The Labute approximate surface area is 128 Å². The maximum absolute atomic E-state index is 12.1. The number of carbonyl (C=O) groups is 1. The first-order chi connectivity index (χ1) is 10.1. The summed E-state index contributed by atoms with van der Waals surface area (Å²) in [6.45, 7) is 4.82. The third-order valence-electron chi connectivity index (χ3n) is 4.19. The van der Waals surface area contributed by atoms with Crippen LogP contribution in [-0.2, 0) is 4.79 Å². The molecule has 0 atom stereocenters. The maximum atomic E-state index is 12.1. The largest absolute Gasteiger partial charge is 0.385 e. The monoisotopic (exact) mass is 289 g/mol. The Bertz CT molecular complexity index is 448. The second-order valence-electron chi connectivity index (χ2n) is 6.18. The summed E-state index contributed by atoms with van der Waals surface area (Å²) in [7, 11) is 4.06. The molecule has 0 saturated carbocycles. The van der Waals surface area contributed by atoms with Crippen molar-refractivity contribution < 1.29 is 4.79 Å². The minimum atomic E-state index is 0.277. The predicted octanol–water partition coefficient (Wildman–Crippen LogP) is 2.81. The van der Waals surface area contributed by atoms with Crippen LogP contribution in [0.25, 0.3) is 0 Å². The van der Waals surface area contributed by atoms with E-state index in [0.717, 1.165) is 37.5 Å². The zero-order chi connectivity index (χ0) is 15.2. The van der Waals surface area contributed by atoms with E-state index in [9.17, 15) is 4.79 Å². The van der Waals surface area contributed by atoms with Crippen LogP contribution < -0.4 is 10.2 Å². The average Bonchev–Trinajstić information content (AvgIpc) is 2.48. The van der Waals surface area contributed by atoms with Crippen molar-refractivity contribution in [3.05, 3.63) is 24.3 Å². The van der Waals surface area contributed by atoms with Gasteiger partial charge in [0.2, 0.25) is 5.91 Å². The highest BCUT2D eigenvalue weighted by Gasteiger charge is 2.19. The Hall–Kier alpha value is -1.71. The second-order valence-corrected chi connectivity index (χ2v) is 6.18. The van der Waals surface area contributed by atoms with E-state index >= 15 is 0 Å². The summed E-state index contributed by atoms with van der Waals surface area (Å²) in [6, 6.07) is 8.27. The molecule has 1 aliphatic rings. The zero-order valence-corrected chi connectivity index (χ0v) is 13.4. The van der Waals surface area contributed by atoms with Crippen LogP contribution in [0.4, 0.5) is 11.4 Å². The molecule has 1 heterocycles. The van der Waals surface area contributed by atoms with Crippen molar-refractivity contribution >= 4 is 17.3 Å². The van der Waals surface area contributed by atoms with Crippen LogP contribution in [0.15, 0.2) is 24.3 Å². The number of anilines is 2. The fourth-order valence-electron chi connectivity index (χ4n) is 2.61. The molecule has 0 bridgehead atoms. The first-order valence-electron chi connectivity index (χ1n) is 7.85. The van der Waals surface area contributed by atoms with Crippen molar-refractivity contribution in [2.75, 3.05) is 43.9 Å². The highest BCUT2D eigenvalue weighted by Crippen LogP contribution is 2.17. The molecule has 0 radical (unpaired) electrons. The molecule has 1 aromatic rings. The summed E-state index contributed by atoms with van der Waals surface area (Å²) in [5.74, 6) is 1.04. The van der Waals surface area contributed by atoms with Crippen LogP contribution in [0.1, 0.15) is 26.2 Å². The van der Waals surface area contributed by atoms with Crippen molar-refractivity contribution in [2.45, 2.75) is 26.2 Å². The van der Waals surface area contributed by atoms with E-state index in [1.807, 2.05) is 19.0 Å². The number of nitrogens with one attached hydrogen (secondary N) is 1. The lowest BCUT2D eigenvalue weighted by Crippen LogP contribution is -2.38. The Kier molecular flexibility index (Phi) is 5.48. The van der Waals surface area contributed by atoms with Gasteiger partial charge in [0.25, 0.3) is 0 Å². The predicted molar refractivity (Wildman–Crippen MR) is 88.9 cm³/mol. The highest BCUT2D eigenvalue weighted by molar-refractivity contribution is 5.76. The summed E-state index contributed by atoms with van der Waals surface area (Å²) < 4.78 is 0. The van der Waals surface area contributed by atoms with Gasteiger partial charge in [-0.05, 0) is 43.0 Å². The lowest BCUT2D eigenvalue weighted by Gasteiger charge is -2.30. The molecule has 0 aliphatic carbocycles. The molecule has 0 spiro atoms. The minimum Gasteiger partial charge on any atom is -0.385 e. The van der Waals surface area contributed by atoms with E-state index < -0.39 is 0 Å². The summed E-state index contributed by atoms with van der Waals surface area (Å²) in [6.07, 6.45) is 2.86. The number of likely N-dealkylation sites (tertiary alicyclic amines) is 1. The molecule has 1 saturated heterocycles. The van der Waals surface area contributed by atoms with Crippen LogP contribution in [0, 0.1) is 5.92 Å². The summed E-state index contributed by atoms with van der Waals surface area (Å²) in [5.41, 5.74) is 2.25. The Morgan fingerprint density at radius 2 is 1.86 bits per heavy atom. The van der Waals surface area contributed by atoms with Gasteiger partial charge in [0.1, 0.15) is 0 Å². The number of nitrogens with zero attached hydrogens (tertiary/aromatic N) is 2. The van der Waals surface area contributed by atoms with Gasteiger partial charge < -0.3 is 15.1 Å². The van der Waals surface area contributed by atoms with Crippen molar-refractivity contribution in [1.82, 2.24) is 4.90 Å². The standard InChI is InChI=1S/C17H27N3O/c1-14-9-12-20(13-10-14)17(21)8-11-18-15-4-6-16(7-5-15)19(2)3/h4-7,14,18H,8-13H2,1-3H3. The molecule has 2 rings (SSSR count). The van der Waals surface area contributed by atoms with E-state index in [2.05, 4.69) is 41.4 Å². The summed E-state index contributed by atoms with van der Waals surface area (Å²) in [4.78, 5) is 16.2. The Morgan fingerprint density at radius 1 is 1.24 bits per heavy atom. The second kappa shape index (κ2) is 7.34. The quantitative estimate of drug-likeness (QED) is 0.905. The van der Waals surface area contributed by atoms with Crippen molar-refractivity contribution in [1.29, 1.82) is 0 Å². The number of amides is 1. The third kappa shape index (κ3) is 4.66. The van der Waals surface area contributed by atoms with Gasteiger partial charge in [-0.2, -0.15) is 0 Å². The van der Waals surface area contributed by atoms with Crippen LogP contribution in [-0.4, -0.2) is 44.5 Å². The topological polar surface area (TPSA) is 35.6 Å². The summed E-state index contributed by atoms with van der Waals surface area (Å²) >= 11 is 0. The molecule has 4 nitrogen and oxygen atoms in total. The number of benzene rings is 1. The molecule has 4 heteroatoms. The Balaban J connectivity index is 1.72. The van der Waals surface area contributed by atoms with Gasteiger partial charge in [-0.25, -0.2) is 0 Å². The van der Waals surface area contributed by atoms with Crippen molar-refractivity contribution in [3.8, 4) is 0 Å². The molecular weight excluding hydrogens is 262 g/mol. The van der Waals surface area contributed by atoms with Crippen molar-refractivity contribution in [2.24, 2.45) is 5.92 Å². The molecule has 116 valence electrons. The maximum Gasteiger partial charge on any atom is 0.224 e. The van der Waals surface area contributed by atoms with Crippen LogP contribution in [0.3, 0.4) is 0 Å². The smallest absolute Gasteiger partial charge is 0.224 e. The SMILES string of the molecule is CC1CCN(C(=O)CCNc2ccc(N(C)C)cc2)CC1. The third-order valence-corrected chi connectivity index (χ3v) is 4.19. The number of rotatable bonds is 5. The van der Waals surface area contributed by atoms with Gasteiger partial charge in [0.15, 0.2) is 0 Å². The molecule has 1 aromatic carbocycles. The lowest BCUT2D eigenvalue weighted by atomic mass is 9.99. The number of hydrogen-bond donors (Lipinski definition) is 1. The van der Waals surface area contributed by atoms with Gasteiger partial charge in [0, 0.05) is 51.5 Å². The lowest BCUT2D eigenvalue weighted by molar-refractivity contribution is -0.132. The van der Waals surface area contributed by atoms with Crippen LogP contribution >= 0.6 is 0 Å². The molecular formula is C17H27N3O. The van der Waals surface area contributed by atoms with Gasteiger partial charge in [-0.3, -0.25) is 4.79 Å². The number of hydrogen-bond acceptors (Lipinski definition) is 3. The fourth-order valence-corrected chi connectivity index (χ4v) is 2.61. The first-order valence-corrected chi connectivity index (χ1v) is 7.85. The van der Waals surface area contributed by atoms with Crippen LogP contribution in [0.5, 0.6) is 0 Å². The van der Waals surface area contributed by atoms with E-state index in [-0.39, 0.29) is 5.91 Å². The summed E-state index contributed by atoms with van der Waals surface area (Å²) in [5, 5.41) is 3.32. The van der Waals surface area contributed by atoms with Crippen molar-refractivity contribution in [3.63, 3.8) is 0 Å². The zero-order valence-electron chi connectivity index (χ0n) is 13.4. The Morgan fingerprint density at radius 3 is 2.43 bits per heavy atom. The fraction of sp³-hybridized carbons (Fsp3) is 0.588. The molecule has 1 aliphatic heterocycles.